The predicted molar refractivity (Wildman–Crippen MR) is 87.2 cm³/mol. The van der Waals surface area contributed by atoms with E-state index in [2.05, 4.69) is 10.3 Å². The third kappa shape index (κ3) is 3.05. The minimum Gasteiger partial charge on any atom is -0.344 e. The van der Waals surface area contributed by atoms with E-state index in [1.165, 1.54) is 16.7 Å². The SMILES string of the molecule is Cc1nc2ccc(F)cn2c1C(=O)NC(C)c1ccc(Cl)cc1. The first-order chi connectivity index (χ1) is 11.0. The Labute approximate surface area is 137 Å². The Morgan fingerprint density at radius 1 is 1.26 bits per heavy atom. The molecule has 6 heteroatoms. The van der Waals surface area contributed by atoms with Crippen LogP contribution in [0.4, 0.5) is 4.39 Å². The van der Waals surface area contributed by atoms with E-state index in [0.717, 1.165) is 5.56 Å². The van der Waals surface area contributed by atoms with E-state index in [4.69, 9.17) is 11.6 Å². The summed E-state index contributed by atoms with van der Waals surface area (Å²) in [5.74, 6) is -0.724. The van der Waals surface area contributed by atoms with E-state index >= 15 is 0 Å². The van der Waals surface area contributed by atoms with E-state index in [1.54, 1.807) is 25.1 Å². The Kier molecular flexibility index (Phi) is 4.05. The third-order valence-electron chi connectivity index (χ3n) is 3.69. The van der Waals surface area contributed by atoms with Crippen LogP contribution >= 0.6 is 11.6 Å². The predicted octanol–water partition coefficient (Wildman–Crippen LogP) is 3.93. The molecule has 0 spiro atoms. The first-order valence-electron chi connectivity index (χ1n) is 7.16. The lowest BCUT2D eigenvalue weighted by molar-refractivity contribution is 0.0933. The number of imidazole rings is 1. The van der Waals surface area contributed by atoms with Crippen molar-refractivity contribution in [1.29, 1.82) is 0 Å². The summed E-state index contributed by atoms with van der Waals surface area (Å²) < 4.78 is 14.9. The molecule has 1 atom stereocenters. The summed E-state index contributed by atoms with van der Waals surface area (Å²) in [6, 6.07) is 9.91. The first-order valence-corrected chi connectivity index (χ1v) is 7.54. The Morgan fingerprint density at radius 3 is 2.65 bits per heavy atom. The number of rotatable bonds is 3. The maximum Gasteiger partial charge on any atom is 0.270 e. The summed E-state index contributed by atoms with van der Waals surface area (Å²) in [6.07, 6.45) is 1.26. The number of hydrogen-bond acceptors (Lipinski definition) is 2. The number of aryl methyl sites for hydroxylation is 1. The molecule has 4 nitrogen and oxygen atoms in total. The van der Waals surface area contributed by atoms with Crippen molar-refractivity contribution in [1.82, 2.24) is 14.7 Å². The number of nitrogens with one attached hydrogen (secondary N) is 1. The monoisotopic (exact) mass is 331 g/mol. The van der Waals surface area contributed by atoms with Gasteiger partial charge in [-0.05, 0) is 43.7 Å². The van der Waals surface area contributed by atoms with Crippen LogP contribution in [0.3, 0.4) is 0 Å². The molecular weight excluding hydrogens is 317 g/mol. The largest absolute Gasteiger partial charge is 0.344 e. The highest BCUT2D eigenvalue weighted by Gasteiger charge is 2.19. The number of carbonyl (C=O) groups excluding carboxylic acids is 1. The molecule has 0 aliphatic carbocycles. The minimum atomic E-state index is -0.422. The van der Waals surface area contributed by atoms with Crippen LogP contribution in [0.15, 0.2) is 42.6 Å². The molecule has 0 saturated carbocycles. The van der Waals surface area contributed by atoms with Gasteiger partial charge in [-0.1, -0.05) is 23.7 Å². The molecule has 1 N–H and O–H groups in total. The molecule has 23 heavy (non-hydrogen) atoms. The van der Waals surface area contributed by atoms with Crippen molar-refractivity contribution in [3.05, 3.63) is 70.4 Å². The van der Waals surface area contributed by atoms with E-state index < -0.39 is 5.82 Å². The lowest BCUT2D eigenvalue weighted by Crippen LogP contribution is -2.28. The zero-order chi connectivity index (χ0) is 16.6. The van der Waals surface area contributed by atoms with Gasteiger partial charge in [-0.3, -0.25) is 9.20 Å². The van der Waals surface area contributed by atoms with Crippen molar-refractivity contribution in [2.75, 3.05) is 0 Å². The number of benzene rings is 1. The van der Waals surface area contributed by atoms with Crippen molar-refractivity contribution < 1.29 is 9.18 Å². The quantitative estimate of drug-likeness (QED) is 0.790. The van der Waals surface area contributed by atoms with E-state index in [-0.39, 0.29) is 11.9 Å². The molecule has 1 unspecified atom stereocenters. The summed E-state index contributed by atoms with van der Waals surface area (Å²) in [7, 11) is 0. The van der Waals surface area contributed by atoms with Crippen LogP contribution < -0.4 is 5.32 Å². The number of aromatic nitrogens is 2. The highest BCUT2D eigenvalue weighted by molar-refractivity contribution is 6.30. The van der Waals surface area contributed by atoms with Crippen molar-refractivity contribution >= 4 is 23.2 Å². The average molecular weight is 332 g/mol. The molecule has 3 aromatic rings. The molecule has 2 aromatic heterocycles. The summed E-state index contributed by atoms with van der Waals surface area (Å²) in [5, 5.41) is 3.54. The van der Waals surface area contributed by atoms with Crippen molar-refractivity contribution in [2.24, 2.45) is 0 Å². The molecule has 0 saturated heterocycles. The fourth-order valence-electron chi connectivity index (χ4n) is 2.51. The number of fused-ring (bicyclic) bond motifs is 1. The second-order valence-electron chi connectivity index (χ2n) is 5.37. The lowest BCUT2D eigenvalue weighted by Gasteiger charge is -2.14. The van der Waals surface area contributed by atoms with Gasteiger partial charge in [0.2, 0.25) is 0 Å². The van der Waals surface area contributed by atoms with Gasteiger partial charge in [0.25, 0.3) is 5.91 Å². The highest BCUT2D eigenvalue weighted by atomic mass is 35.5. The fraction of sp³-hybridized carbons (Fsp3) is 0.176. The van der Waals surface area contributed by atoms with Crippen LogP contribution in [0, 0.1) is 12.7 Å². The van der Waals surface area contributed by atoms with Gasteiger partial charge in [0.05, 0.1) is 11.7 Å². The number of hydrogen-bond donors (Lipinski definition) is 1. The van der Waals surface area contributed by atoms with Crippen LogP contribution in [0.2, 0.25) is 5.02 Å². The molecule has 1 amide bonds. The standard InChI is InChI=1S/C17H15ClFN3O/c1-10(12-3-5-13(18)6-4-12)21-17(23)16-11(2)20-15-8-7-14(19)9-22(15)16/h3-10H,1-2H3,(H,21,23). The van der Waals surface area contributed by atoms with Crippen molar-refractivity contribution in [2.45, 2.75) is 19.9 Å². The third-order valence-corrected chi connectivity index (χ3v) is 3.94. The van der Waals surface area contributed by atoms with Crippen LogP contribution in [-0.4, -0.2) is 15.3 Å². The molecule has 0 radical (unpaired) electrons. The van der Waals surface area contributed by atoms with Gasteiger partial charge in [-0.2, -0.15) is 0 Å². The number of halogens is 2. The smallest absolute Gasteiger partial charge is 0.270 e. The zero-order valence-electron chi connectivity index (χ0n) is 12.7. The summed E-state index contributed by atoms with van der Waals surface area (Å²) in [4.78, 5) is 16.9. The molecular formula is C17H15ClFN3O. The molecule has 1 aromatic carbocycles. The van der Waals surface area contributed by atoms with Gasteiger partial charge in [0.1, 0.15) is 17.2 Å². The van der Waals surface area contributed by atoms with Crippen LogP contribution in [0.1, 0.15) is 34.7 Å². The fourth-order valence-corrected chi connectivity index (χ4v) is 2.64. The van der Waals surface area contributed by atoms with Gasteiger partial charge in [0, 0.05) is 11.2 Å². The average Bonchev–Trinajstić information content (AvgIpc) is 2.83. The Morgan fingerprint density at radius 2 is 1.96 bits per heavy atom. The van der Waals surface area contributed by atoms with Crippen LogP contribution in [-0.2, 0) is 0 Å². The molecule has 0 bridgehead atoms. The number of carbonyl (C=O) groups is 1. The van der Waals surface area contributed by atoms with Crippen LogP contribution in [0.5, 0.6) is 0 Å². The van der Waals surface area contributed by atoms with Gasteiger partial charge in [0.15, 0.2) is 0 Å². The Balaban J connectivity index is 1.90. The summed E-state index contributed by atoms with van der Waals surface area (Å²) >= 11 is 5.87. The number of amides is 1. The summed E-state index contributed by atoms with van der Waals surface area (Å²) in [6.45, 7) is 3.60. The van der Waals surface area contributed by atoms with Crippen molar-refractivity contribution in [3.8, 4) is 0 Å². The molecule has 3 rings (SSSR count). The second-order valence-corrected chi connectivity index (χ2v) is 5.80. The van der Waals surface area contributed by atoms with Gasteiger partial charge in [-0.25, -0.2) is 9.37 Å². The lowest BCUT2D eigenvalue weighted by atomic mass is 10.1. The topological polar surface area (TPSA) is 46.4 Å². The maximum absolute atomic E-state index is 13.5. The highest BCUT2D eigenvalue weighted by Crippen LogP contribution is 2.18. The van der Waals surface area contributed by atoms with Gasteiger partial charge >= 0.3 is 0 Å². The van der Waals surface area contributed by atoms with E-state index in [1.807, 2.05) is 19.1 Å². The van der Waals surface area contributed by atoms with Crippen LogP contribution in [0.25, 0.3) is 5.65 Å². The summed E-state index contributed by atoms with van der Waals surface area (Å²) in [5.41, 5.74) is 2.35. The Bertz CT molecular complexity index is 873. The number of nitrogens with zero attached hydrogens (tertiary/aromatic N) is 2. The number of pyridine rings is 1. The molecule has 118 valence electrons. The molecule has 2 heterocycles. The van der Waals surface area contributed by atoms with Gasteiger partial charge < -0.3 is 5.32 Å². The molecule has 0 aliphatic heterocycles. The first kappa shape index (κ1) is 15.5. The zero-order valence-corrected chi connectivity index (χ0v) is 13.4. The maximum atomic E-state index is 13.5. The Hall–Kier alpha value is -2.40. The minimum absolute atomic E-state index is 0.210. The molecule has 0 fully saturated rings. The second kappa shape index (κ2) is 6.01. The molecule has 0 aliphatic rings. The van der Waals surface area contributed by atoms with Crippen molar-refractivity contribution in [3.63, 3.8) is 0 Å². The van der Waals surface area contributed by atoms with Gasteiger partial charge in [-0.15, -0.1) is 0 Å². The normalized spacial score (nSPS) is 12.3. The van der Waals surface area contributed by atoms with E-state index in [9.17, 15) is 9.18 Å². The van der Waals surface area contributed by atoms with E-state index in [0.29, 0.717) is 22.1 Å².